The van der Waals surface area contributed by atoms with Gasteiger partial charge in [0.15, 0.2) is 0 Å². The van der Waals surface area contributed by atoms with Crippen molar-refractivity contribution in [1.82, 2.24) is 5.32 Å². The quantitative estimate of drug-likeness (QED) is 0.790. The summed E-state index contributed by atoms with van der Waals surface area (Å²) in [5.74, 6) is 1.02. The fourth-order valence-corrected chi connectivity index (χ4v) is 3.49. The molecule has 0 bridgehead atoms. The summed E-state index contributed by atoms with van der Waals surface area (Å²) in [7, 11) is 0. The van der Waals surface area contributed by atoms with Gasteiger partial charge in [0.2, 0.25) is 0 Å². The third-order valence-corrected chi connectivity index (χ3v) is 5.65. The van der Waals surface area contributed by atoms with Crippen molar-refractivity contribution in [2.45, 2.75) is 65.5 Å². The molecule has 3 heteroatoms. The molecule has 0 unspecified atom stereocenters. The van der Waals surface area contributed by atoms with E-state index in [1.165, 1.54) is 32.1 Å². The molecule has 0 aliphatic heterocycles. The minimum atomic E-state index is 0.155. The SMILES string of the molecule is CCC(C)(C)C1CCC(NCc2ccc(O)c(Cl)c2)CC1. The zero-order chi connectivity index (χ0) is 15.5. The number of nitrogens with one attached hydrogen (secondary N) is 1. The molecule has 2 N–H and O–H groups in total. The molecular weight excluding hydrogens is 282 g/mol. The Morgan fingerprint density at radius 2 is 1.90 bits per heavy atom. The normalized spacial score (nSPS) is 23.2. The van der Waals surface area contributed by atoms with Crippen LogP contribution in [-0.4, -0.2) is 11.1 Å². The molecule has 2 rings (SSSR count). The molecule has 1 aliphatic carbocycles. The van der Waals surface area contributed by atoms with Gasteiger partial charge in [-0.1, -0.05) is 44.9 Å². The van der Waals surface area contributed by atoms with Gasteiger partial charge in [0.25, 0.3) is 0 Å². The van der Waals surface area contributed by atoms with Crippen LogP contribution < -0.4 is 5.32 Å². The van der Waals surface area contributed by atoms with Gasteiger partial charge in [0, 0.05) is 12.6 Å². The van der Waals surface area contributed by atoms with Gasteiger partial charge in [-0.15, -0.1) is 0 Å². The molecular formula is C18H28ClNO. The number of rotatable bonds is 5. The van der Waals surface area contributed by atoms with Crippen molar-refractivity contribution >= 4 is 11.6 Å². The summed E-state index contributed by atoms with van der Waals surface area (Å²) in [6.07, 6.45) is 6.45. The van der Waals surface area contributed by atoms with Crippen molar-refractivity contribution in [1.29, 1.82) is 0 Å². The van der Waals surface area contributed by atoms with Crippen LogP contribution in [0.25, 0.3) is 0 Å². The van der Waals surface area contributed by atoms with Crippen LogP contribution >= 0.6 is 11.6 Å². The summed E-state index contributed by atoms with van der Waals surface area (Å²) < 4.78 is 0. The Morgan fingerprint density at radius 3 is 2.48 bits per heavy atom. The average Bonchev–Trinajstić information content (AvgIpc) is 2.49. The predicted molar refractivity (Wildman–Crippen MR) is 89.8 cm³/mol. The minimum absolute atomic E-state index is 0.155. The molecule has 21 heavy (non-hydrogen) atoms. The molecule has 118 valence electrons. The maximum absolute atomic E-state index is 9.44. The number of hydrogen-bond donors (Lipinski definition) is 2. The molecule has 1 fully saturated rings. The van der Waals surface area contributed by atoms with Gasteiger partial charge in [-0.3, -0.25) is 0 Å². The fraction of sp³-hybridized carbons (Fsp3) is 0.667. The zero-order valence-electron chi connectivity index (χ0n) is 13.5. The van der Waals surface area contributed by atoms with Crippen molar-refractivity contribution < 1.29 is 5.11 Å². The van der Waals surface area contributed by atoms with E-state index in [4.69, 9.17) is 11.6 Å². The zero-order valence-corrected chi connectivity index (χ0v) is 14.2. The fourth-order valence-electron chi connectivity index (χ4n) is 3.29. The molecule has 1 saturated carbocycles. The predicted octanol–water partition coefficient (Wildman–Crippen LogP) is 5.13. The first-order valence-electron chi connectivity index (χ1n) is 8.13. The van der Waals surface area contributed by atoms with Gasteiger partial charge in [-0.2, -0.15) is 0 Å². The molecule has 0 aromatic heterocycles. The molecule has 0 heterocycles. The first-order valence-corrected chi connectivity index (χ1v) is 8.51. The lowest BCUT2D eigenvalue weighted by molar-refractivity contribution is 0.137. The summed E-state index contributed by atoms with van der Waals surface area (Å²) in [6.45, 7) is 7.94. The molecule has 0 spiro atoms. The number of phenolic OH excluding ortho intramolecular Hbond substituents is 1. The van der Waals surface area contributed by atoms with Crippen LogP contribution in [0.15, 0.2) is 18.2 Å². The second-order valence-corrected chi connectivity index (χ2v) is 7.46. The van der Waals surface area contributed by atoms with E-state index in [1.54, 1.807) is 6.07 Å². The van der Waals surface area contributed by atoms with E-state index in [0.717, 1.165) is 18.0 Å². The van der Waals surface area contributed by atoms with Crippen LogP contribution in [0.2, 0.25) is 5.02 Å². The number of aromatic hydroxyl groups is 1. The topological polar surface area (TPSA) is 32.3 Å². The Morgan fingerprint density at radius 1 is 1.24 bits per heavy atom. The lowest BCUT2D eigenvalue weighted by atomic mass is 9.69. The number of phenols is 1. The highest BCUT2D eigenvalue weighted by atomic mass is 35.5. The van der Waals surface area contributed by atoms with Crippen LogP contribution in [-0.2, 0) is 6.54 Å². The standard InChI is InChI=1S/C18H28ClNO/c1-4-18(2,3)14-6-8-15(9-7-14)20-12-13-5-10-17(21)16(19)11-13/h5,10-11,14-15,20-21H,4,6-9,12H2,1-3H3. The Kier molecular flexibility index (Phi) is 5.56. The summed E-state index contributed by atoms with van der Waals surface area (Å²) in [5.41, 5.74) is 1.61. The van der Waals surface area contributed by atoms with Crippen molar-refractivity contribution in [3.05, 3.63) is 28.8 Å². The summed E-state index contributed by atoms with van der Waals surface area (Å²) in [6, 6.07) is 6.05. The van der Waals surface area contributed by atoms with E-state index < -0.39 is 0 Å². The van der Waals surface area contributed by atoms with E-state index in [2.05, 4.69) is 26.1 Å². The molecule has 1 aliphatic rings. The monoisotopic (exact) mass is 309 g/mol. The van der Waals surface area contributed by atoms with Gasteiger partial charge >= 0.3 is 0 Å². The van der Waals surface area contributed by atoms with Crippen molar-refractivity contribution in [2.24, 2.45) is 11.3 Å². The van der Waals surface area contributed by atoms with Crippen molar-refractivity contribution in [3.63, 3.8) is 0 Å². The Hall–Kier alpha value is -0.730. The molecule has 2 nitrogen and oxygen atoms in total. The second-order valence-electron chi connectivity index (χ2n) is 7.06. The van der Waals surface area contributed by atoms with Gasteiger partial charge in [0.05, 0.1) is 5.02 Å². The highest BCUT2D eigenvalue weighted by Crippen LogP contribution is 2.40. The van der Waals surface area contributed by atoms with Gasteiger partial charge < -0.3 is 10.4 Å². The van der Waals surface area contributed by atoms with E-state index in [1.807, 2.05) is 12.1 Å². The molecule has 1 aromatic carbocycles. The van der Waals surface area contributed by atoms with Crippen LogP contribution in [0.3, 0.4) is 0 Å². The van der Waals surface area contributed by atoms with E-state index in [-0.39, 0.29) is 5.75 Å². The number of benzene rings is 1. The van der Waals surface area contributed by atoms with Crippen LogP contribution in [0.5, 0.6) is 5.75 Å². The van der Waals surface area contributed by atoms with Gasteiger partial charge in [0.1, 0.15) is 5.75 Å². The maximum atomic E-state index is 9.44. The molecule has 0 saturated heterocycles. The minimum Gasteiger partial charge on any atom is -0.506 e. The Labute approximate surface area is 133 Å². The lowest BCUT2D eigenvalue weighted by Gasteiger charge is -2.39. The highest BCUT2D eigenvalue weighted by Gasteiger charge is 2.31. The van der Waals surface area contributed by atoms with E-state index in [0.29, 0.717) is 16.5 Å². The third-order valence-electron chi connectivity index (χ3n) is 5.35. The lowest BCUT2D eigenvalue weighted by Crippen LogP contribution is -2.36. The summed E-state index contributed by atoms with van der Waals surface area (Å²) >= 11 is 5.94. The van der Waals surface area contributed by atoms with Crippen molar-refractivity contribution in [3.8, 4) is 5.75 Å². The number of hydrogen-bond acceptors (Lipinski definition) is 2. The van der Waals surface area contributed by atoms with Gasteiger partial charge in [-0.05, 0) is 54.7 Å². The van der Waals surface area contributed by atoms with E-state index >= 15 is 0 Å². The number of halogens is 1. The summed E-state index contributed by atoms with van der Waals surface area (Å²) in [4.78, 5) is 0. The van der Waals surface area contributed by atoms with Gasteiger partial charge in [-0.25, -0.2) is 0 Å². The van der Waals surface area contributed by atoms with Crippen LogP contribution in [0, 0.1) is 11.3 Å². The van der Waals surface area contributed by atoms with Crippen LogP contribution in [0.4, 0.5) is 0 Å². The Bertz CT molecular complexity index is 464. The maximum Gasteiger partial charge on any atom is 0.134 e. The summed E-state index contributed by atoms with van der Waals surface area (Å²) in [5, 5.41) is 13.5. The largest absolute Gasteiger partial charge is 0.506 e. The van der Waals surface area contributed by atoms with Crippen molar-refractivity contribution in [2.75, 3.05) is 0 Å². The van der Waals surface area contributed by atoms with Crippen LogP contribution in [0.1, 0.15) is 58.4 Å². The molecule has 0 radical (unpaired) electrons. The molecule has 0 atom stereocenters. The Balaban J connectivity index is 1.80. The molecule has 1 aromatic rings. The highest BCUT2D eigenvalue weighted by molar-refractivity contribution is 6.32. The third kappa shape index (κ3) is 4.37. The average molecular weight is 310 g/mol. The van der Waals surface area contributed by atoms with E-state index in [9.17, 15) is 5.11 Å². The molecule has 0 amide bonds. The first kappa shape index (κ1) is 16.6. The second kappa shape index (κ2) is 7.02. The smallest absolute Gasteiger partial charge is 0.134 e. The first-order chi connectivity index (χ1) is 9.92.